The molecule has 4 nitrogen and oxygen atoms in total. The third kappa shape index (κ3) is 1.41. The first kappa shape index (κ1) is 14.0. The van der Waals surface area contributed by atoms with Crippen LogP contribution in [0, 0.1) is 11.3 Å². The maximum absolute atomic E-state index is 13.0. The van der Waals surface area contributed by atoms with Crippen molar-refractivity contribution in [2.45, 2.75) is 31.0 Å². The molecule has 4 heteroatoms. The van der Waals surface area contributed by atoms with Crippen LogP contribution in [-0.2, 0) is 11.2 Å². The van der Waals surface area contributed by atoms with E-state index in [0.29, 0.717) is 22.4 Å². The van der Waals surface area contributed by atoms with Gasteiger partial charge >= 0.3 is 0 Å². The second-order valence-electron chi connectivity index (χ2n) is 6.39. The number of ketones is 1. The van der Waals surface area contributed by atoms with Crippen LogP contribution in [-0.4, -0.2) is 10.9 Å². The second-order valence-corrected chi connectivity index (χ2v) is 6.39. The van der Waals surface area contributed by atoms with Gasteiger partial charge in [-0.15, -0.1) is 0 Å². The summed E-state index contributed by atoms with van der Waals surface area (Å²) < 4.78 is 5.81. The molecule has 0 fully saturated rings. The van der Waals surface area contributed by atoms with Crippen LogP contribution in [0.4, 0.5) is 0 Å². The lowest BCUT2D eigenvalue weighted by Crippen LogP contribution is -2.47. The molecule has 0 spiro atoms. The van der Waals surface area contributed by atoms with Crippen LogP contribution in [0.1, 0.15) is 46.8 Å². The van der Waals surface area contributed by atoms with E-state index in [1.807, 2.05) is 26.0 Å². The highest BCUT2D eigenvalue weighted by molar-refractivity contribution is 6.13. The van der Waals surface area contributed by atoms with Crippen LogP contribution < -0.4 is 4.74 Å². The van der Waals surface area contributed by atoms with Crippen molar-refractivity contribution in [3.63, 3.8) is 0 Å². The Morgan fingerprint density at radius 1 is 1.17 bits per heavy atom. The Morgan fingerprint density at radius 2 is 1.91 bits per heavy atom. The SMILES string of the molecule is CC(C)c1ccc2c(c1)OC1(O)c3ccccc3C(=O)C21C#N. The van der Waals surface area contributed by atoms with Gasteiger partial charge in [-0.25, -0.2) is 0 Å². The zero-order valence-corrected chi connectivity index (χ0v) is 12.8. The zero-order valence-electron chi connectivity index (χ0n) is 12.8. The van der Waals surface area contributed by atoms with Gasteiger partial charge in [0.25, 0.3) is 5.79 Å². The lowest BCUT2D eigenvalue weighted by atomic mass is 9.75. The van der Waals surface area contributed by atoms with Crippen molar-refractivity contribution >= 4 is 5.78 Å². The molecule has 0 amide bonds. The van der Waals surface area contributed by atoms with E-state index in [2.05, 4.69) is 6.07 Å². The third-order valence-electron chi connectivity index (χ3n) is 4.89. The Hall–Kier alpha value is -2.64. The number of nitrogens with zero attached hydrogens (tertiary/aromatic N) is 1. The minimum absolute atomic E-state index is 0.278. The number of ether oxygens (including phenoxy) is 1. The zero-order chi connectivity index (χ0) is 16.4. The number of Topliss-reactive ketones (excluding diaryl/α,β-unsaturated/α-hetero) is 1. The van der Waals surface area contributed by atoms with E-state index < -0.39 is 17.0 Å². The van der Waals surface area contributed by atoms with Crippen LogP contribution in [0.5, 0.6) is 5.75 Å². The fourth-order valence-corrected chi connectivity index (χ4v) is 3.61. The molecule has 2 atom stereocenters. The number of carbonyl (C=O) groups is 1. The quantitative estimate of drug-likeness (QED) is 0.879. The summed E-state index contributed by atoms with van der Waals surface area (Å²) >= 11 is 0. The van der Waals surface area contributed by atoms with E-state index >= 15 is 0 Å². The smallest absolute Gasteiger partial charge is 0.266 e. The van der Waals surface area contributed by atoms with E-state index in [1.165, 1.54) is 0 Å². The summed E-state index contributed by atoms with van der Waals surface area (Å²) in [5, 5.41) is 21.0. The monoisotopic (exact) mass is 305 g/mol. The van der Waals surface area contributed by atoms with Gasteiger partial charge in [0.1, 0.15) is 5.75 Å². The fraction of sp³-hybridized carbons (Fsp3) is 0.263. The molecule has 0 radical (unpaired) electrons. The first-order chi connectivity index (χ1) is 11.0. The van der Waals surface area contributed by atoms with Crippen LogP contribution >= 0.6 is 0 Å². The lowest BCUT2D eigenvalue weighted by Gasteiger charge is -2.27. The van der Waals surface area contributed by atoms with Crippen molar-refractivity contribution in [3.8, 4) is 11.8 Å². The van der Waals surface area contributed by atoms with Gasteiger partial charge in [-0.1, -0.05) is 50.2 Å². The number of fused-ring (bicyclic) bond motifs is 5. The normalized spacial score (nSPS) is 27.2. The fourth-order valence-electron chi connectivity index (χ4n) is 3.61. The van der Waals surface area contributed by atoms with Gasteiger partial charge in [0.2, 0.25) is 5.41 Å². The van der Waals surface area contributed by atoms with Crippen molar-refractivity contribution in [1.82, 2.24) is 0 Å². The Morgan fingerprint density at radius 3 is 2.61 bits per heavy atom. The summed E-state index contributed by atoms with van der Waals surface area (Å²) in [6.07, 6.45) is 0. The summed E-state index contributed by atoms with van der Waals surface area (Å²) in [5.41, 5.74) is 0.430. The molecular weight excluding hydrogens is 290 g/mol. The minimum atomic E-state index is -1.96. The van der Waals surface area contributed by atoms with Crippen molar-refractivity contribution in [3.05, 3.63) is 64.7 Å². The molecule has 0 saturated heterocycles. The predicted molar refractivity (Wildman–Crippen MR) is 83.1 cm³/mol. The largest absolute Gasteiger partial charge is 0.455 e. The molecular formula is C19H15NO3. The summed E-state index contributed by atoms with van der Waals surface area (Å²) in [7, 11) is 0. The minimum Gasteiger partial charge on any atom is -0.455 e. The summed E-state index contributed by atoms with van der Waals surface area (Å²) in [6, 6.07) is 14.2. The van der Waals surface area contributed by atoms with Gasteiger partial charge < -0.3 is 9.84 Å². The molecule has 1 N–H and O–H groups in total. The molecule has 0 bridgehead atoms. The molecule has 4 rings (SSSR count). The molecule has 2 unspecified atom stereocenters. The molecule has 2 aromatic carbocycles. The van der Waals surface area contributed by atoms with E-state index in [1.54, 1.807) is 30.3 Å². The van der Waals surface area contributed by atoms with E-state index in [-0.39, 0.29) is 5.92 Å². The molecule has 2 aromatic rings. The Labute approximate surface area is 133 Å². The standard InChI is InChI=1S/C19H15NO3/c1-11(2)12-7-8-15-16(9-12)23-19(22)14-6-4-3-5-13(14)17(21)18(15,19)10-20/h3-9,11,22H,1-2H3. The summed E-state index contributed by atoms with van der Waals surface area (Å²) in [4.78, 5) is 13.0. The van der Waals surface area contributed by atoms with Crippen LogP contribution in [0.3, 0.4) is 0 Å². The highest BCUT2D eigenvalue weighted by Gasteiger charge is 2.71. The molecule has 114 valence electrons. The highest BCUT2D eigenvalue weighted by Crippen LogP contribution is 2.59. The first-order valence-electron chi connectivity index (χ1n) is 7.57. The lowest BCUT2D eigenvalue weighted by molar-refractivity contribution is -0.150. The third-order valence-corrected chi connectivity index (χ3v) is 4.89. The number of nitriles is 1. The van der Waals surface area contributed by atoms with Crippen LogP contribution in [0.15, 0.2) is 42.5 Å². The van der Waals surface area contributed by atoms with Gasteiger partial charge in [-0.3, -0.25) is 4.79 Å². The predicted octanol–water partition coefficient (Wildman–Crippen LogP) is 3.01. The molecule has 1 aliphatic carbocycles. The summed E-state index contributed by atoms with van der Waals surface area (Å²) in [6.45, 7) is 4.10. The maximum Gasteiger partial charge on any atom is 0.266 e. The number of benzene rings is 2. The molecule has 1 aliphatic heterocycles. The van der Waals surface area contributed by atoms with Gasteiger partial charge in [-0.05, 0) is 17.5 Å². The van der Waals surface area contributed by atoms with Gasteiger partial charge in [0, 0.05) is 16.7 Å². The van der Waals surface area contributed by atoms with Gasteiger partial charge in [0.05, 0.1) is 6.07 Å². The maximum atomic E-state index is 13.0. The van der Waals surface area contributed by atoms with E-state index in [4.69, 9.17) is 4.74 Å². The van der Waals surface area contributed by atoms with Crippen molar-refractivity contribution in [2.75, 3.05) is 0 Å². The molecule has 1 heterocycles. The topological polar surface area (TPSA) is 70.3 Å². The Balaban J connectivity index is 2.02. The first-order valence-corrected chi connectivity index (χ1v) is 7.57. The van der Waals surface area contributed by atoms with Crippen molar-refractivity contribution < 1.29 is 14.6 Å². The van der Waals surface area contributed by atoms with Gasteiger partial charge in [0.15, 0.2) is 5.78 Å². The molecule has 0 aromatic heterocycles. The van der Waals surface area contributed by atoms with Crippen LogP contribution in [0.25, 0.3) is 0 Å². The van der Waals surface area contributed by atoms with E-state index in [0.717, 1.165) is 5.56 Å². The number of carbonyl (C=O) groups excluding carboxylic acids is 1. The Kier molecular flexibility index (Phi) is 2.56. The number of hydrogen-bond donors (Lipinski definition) is 1. The highest BCUT2D eigenvalue weighted by atomic mass is 16.6. The second kappa shape index (κ2) is 4.21. The van der Waals surface area contributed by atoms with Gasteiger partial charge in [-0.2, -0.15) is 5.26 Å². The number of hydrogen-bond acceptors (Lipinski definition) is 4. The average molecular weight is 305 g/mol. The number of aliphatic hydroxyl groups is 1. The average Bonchev–Trinajstić information content (AvgIpc) is 2.92. The molecule has 2 aliphatic rings. The summed E-state index contributed by atoms with van der Waals surface area (Å²) in [5.74, 6) is -1.69. The number of rotatable bonds is 1. The molecule has 0 saturated carbocycles. The van der Waals surface area contributed by atoms with Crippen LogP contribution in [0.2, 0.25) is 0 Å². The van der Waals surface area contributed by atoms with Crippen molar-refractivity contribution in [1.29, 1.82) is 5.26 Å². The Bertz CT molecular complexity index is 896. The van der Waals surface area contributed by atoms with Crippen molar-refractivity contribution in [2.24, 2.45) is 0 Å². The molecule has 23 heavy (non-hydrogen) atoms. The van der Waals surface area contributed by atoms with E-state index in [9.17, 15) is 15.2 Å².